The van der Waals surface area contributed by atoms with Crippen LogP contribution in [0.25, 0.3) is 0 Å². The number of urea groups is 1. The van der Waals surface area contributed by atoms with Crippen molar-refractivity contribution >= 4 is 17.4 Å². The van der Waals surface area contributed by atoms with Crippen LogP contribution in [0.5, 0.6) is 5.75 Å². The van der Waals surface area contributed by atoms with E-state index in [1.165, 1.54) is 0 Å². The Morgan fingerprint density at radius 1 is 0.960 bits per heavy atom. The molecule has 0 aliphatic heterocycles. The summed E-state index contributed by atoms with van der Waals surface area (Å²) in [6.07, 6.45) is 0. The molecule has 2 aromatic rings. The van der Waals surface area contributed by atoms with Crippen LogP contribution in [-0.2, 0) is 6.54 Å². The number of ether oxygens (including phenoxy) is 1. The summed E-state index contributed by atoms with van der Waals surface area (Å²) in [6, 6.07) is 15.4. The Bertz CT molecular complexity index is 650. The molecule has 5 heteroatoms. The Labute approximate surface area is 150 Å². The molecular weight excluding hydrogens is 314 g/mol. The van der Waals surface area contributed by atoms with Gasteiger partial charge in [-0.25, -0.2) is 4.79 Å². The molecule has 0 saturated carbocycles. The molecule has 0 spiro atoms. The molecule has 5 nitrogen and oxygen atoms in total. The van der Waals surface area contributed by atoms with Crippen LogP contribution in [0.1, 0.15) is 26.3 Å². The number of amides is 2. The monoisotopic (exact) mass is 341 g/mol. The van der Waals surface area contributed by atoms with Crippen LogP contribution in [0.4, 0.5) is 16.2 Å². The summed E-state index contributed by atoms with van der Waals surface area (Å²) in [5.74, 6) is 0.837. The summed E-state index contributed by atoms with van der Waals surface area (Å²) in [4.78, 5) is 14.3. The summed E-state index contributed by atoms with van der Waals surface area (Å²) in [6.45, 7) is 9.25. The van der Waals surface area contributed by atoms with Crippen molar-refractivity contribution in [2.24, 2.45) is 0 Å². The fraction of sp³-hybridized carbons (Fsp3) is 0.350. The SMILES string of the molecule is CCOc1ccc(CNC(=O)Nc2ccc(N(CC)CC)cc2)cc1. The minimum Gasteiger partial charge on any atom is -0.494 e. The van der Waals surface area contributed by atoms with Gasteiger partial charge < -0.3 is 20.3 Å². The lowest BCUT2D eigenvalue weighted by Crippen LogP contribution is -2.28. The van der Waals surface area contributed by atoms with Gasteiger partial charge in [-0.1, -0.05) is 12.1 Å². The van der Waals surface area contributed by atoms with Crippen molar-refractivity contribution in [3.05, 3.63) is 54.1 Å². The van der Waals surface area contributed by atoms with E-state index in [0.717, 1.165) is 35.8 Å². The van der Waals surface area contributed by atoms with E-state index >= 15 is 0 Å². The van der Waals surface area contributed by atoms with Crippen molar-refractivity contribution in [2.75, 3.05) is 29.9 Å². The van der Waals surface area contributed by atoms with Gasteiger partial charge in [-0.2, -0.15) is 0 Å². The first-order valence-corrected chi connectivity index (χ1v) is 8.77. The average molecular weight is 341 g/mol. The topological polar surface area (TPSA) is 53.6 Å². The van der Waals surface area contributed by atoms with Crippen LogP contribution < -0.4 is 20.3 Å². The third kappa shape index (κ3) is 5.71. The molecule has 0 saturated heterocycles. The number of benzene rings is 2. The fourth-order valence-corrected chi connectivity index (χ4v) is 2.57. The first-order chi connectivity index (χ1) is 12.2. The van der Waals surface area contributed by atoms with Crippen molar-refractivity contribution in [1.82, 2.24) is 5.32 Å². The van der Waals surface area contributed by atoms with Gasteiger partial charge in [0.1, 0.15) is 5.75 Å². The van der Waals surface area contributed by atoms with Crippen LogP contribution in [0.3, 0.4) is 0 Å². The Morgan fingerprint density at radius 2 is 1.60 bits per heavy atom. The number of anilines is 2. The lowest BCUT2D eigenvalue weighted by molar-refractivity contribution is 0.251. The maximum atomic E-state index is 12.0. The van der Waals surface area contributed by atoms with Crippen molar-refractivity contribution in [2.45, 2.75) is 27.3 Å². The highest BCUT2D eigenvalue weighted by atomic mass is 16.5. The van der Waals surface area contributed by atoms with Gasteiger partial charge in [0.05, 0.1) is 6.61 Å². The van der Waals surface area contributed by atoms with Gasteiger partial charge in [0, 0.05) is 31.0 Å². The molecular formula is C20H27N3O2. The Balaban J connectivity index is 1.83. The molecule has 0 aromatic heterocycles. The second kappa shape index (κ2) is 9.57. The van der Waals surface area contributed by atoms with E-state index in [1.54, 1.807) is 0 Å². The number of nitrogens with zero attached hydrogens (tertiary/aromatic N) is 1. The summed E-state index contributed by atoms with van der Waals surface area (Å²) >= 11 is 0. The van der Waals surface area contributed by atoms with Gasteiger partial charge >= 0.3 is 6.03 Å². The molecule has 2 N–H and O–H groups in total. The predicted molar refractivity (Wildman–Crippen MR) is 103 cm³/mol. The van der Waals surface area contributed by atoms with Crippen LogP contribution in [0.15, 0.2) is 48.5 Å². The number of hydrogen-bond donors (Lipinski definition) is 2. The van der Waals surface area contributed by atoms with Gasteiger partial charge in [-0.3, -0.25) is 0 Å². The first kappa shape index (κ1) is 18.6. The molecule has 2 aromatic carbocycles. The molecule has 0 fully saturated rings. The molecule has 134 valence electrons. The van der Waals surface area contributed by atoms with E-state index in [-0.39, 0.29) is 6.03 Å². The minimum atomic E-state index is -0.218. The van der Waals surface area contributed by atoms with E-state index in [4.69, 9.17) is 4.74 Å². The van der Waals surface area contributed by atoms with Gasteiger partial charge in [0.2, 0.25) is 0 Å². The third-order valence-electron chi connectivity index (χ3n) is 3.94. The summed E-state index contributed by atoms with van der Waals surface area (Å²) in [5.41, 5.74) is 2.96. The van der Waals surface area contributed by atoms with Crippen LogP contribution in [-0.4, -0.2) is 25.7 Å². The minimum absolute atomic E-state index is 0.218. The molecule has 2 rings (SSSR count). The van der Waals surface area contributed by atoms with E-state index in [0.29, 0.717) is 13.2 Å². The standard InChI is InChI=1S/C20H27N3O2/c1-4-23(5-2)18-11-9-17(10-12-18)22-20(24)21-15-16-7-13-19(14-8-16)25-6-3/h7-14H,4-6,15H2,1-3H3,(H2,21,22,24). The van der Waals surface area contributed by atoms with Crippen LogP contribution in [0.2, 0.25) is 0 Å². The van der Waals surface area contributed by atoms with E-state index in [9.17, 15) is 4.79 Å². The van der Waals surface area contributed by atoms with E-state index < -0.39 is 0 Å². The lowest BCUT2D eigenvalue weighted by atomic mass is 10.2. The summed E-state index contributed by atoms with van der Waals surface area (Å²) in [5, 5.41) is 5.71. The van der Waals surface area contributed by atoms with Gasteiger partial charge in [0.15, 0.2) is 0 Å². The van der Waals surface area contributed by atoms with Gasteiger partial charge in [0.25, 0.3) is 0 Å². The zero-order valence-electron chi connectivity index (χ0n) is 15.2. The zero-order valence-corrected chi connectivity index (χ0v) is 15.2. The van der Waals surface area contributed by atoms with Crippen molar-refractivity contribution in [1.29, 1.82) is 0 Å². The number of carbonyl (C=O) groups excluding carboxylic acids is 1. The number of rotatable bonds is 8. The van der Waals surface area contributed by atoms with Crippen LogP contribution in [0, 0.1) is 0 Å². The van der Waals surface area contributed by atoms with Gasteiger partial charge in [-0.15, -0.1) is 0 Å². The smallest absolute Gasteiger partial charge is 0.319 e. The molecule has 25 heavy (non-hydrogen) atoms. The highest BCUT2D eigenvalue weighted by Gasteiger charge is 2.04. The van der Waals surface area contributed by atoms with E-state index in [1.807, 2.05) is 55.5 Å². The second-order valence-corrected chi connectivity index (χ2v) is 5.60. The number of carbonyl (C=O) groups is 1. The third-order valence-corrected chi connectivity index (χ3v) is 3.94. The number of nitrogens with one attached hydrogen (secondary N) is 2. The Kier molecular flexibility index (Phi) is 7.14. The molecule has 0 bridgehead atoms. The predicted octanol–water partition coefficient (Wildman–Crippen LogP) is 4.25. The summed E-state index contributed by atoms with van der Waals surface area (Å²) < 4.78 is 5.40. The molecule has 0 aliphatic rings. The first-order valence-electron chi connectivity index (χ1n) is 8.77. The normalized spacial score (nSPS) is 10.2. The average Bonchev–Trinajstić information content (AvgIpc) is 2.64. The van der Waals surface area contributed by atoms with Crippen molar-refractivity contribution in [3.8, 4) is 5.75 Å². The molecule has 0 aliphatic carbocycles. The van der Waals surface area contributed by atoms with Crippen LogP contribution >= 0.6 is 0 Å². The van der Waals surface area contributed by atoms with Crippen molar-refractivity contribution < 1.29 is 9.53 Å². The zero-order chi connectivity index (χ0) is 18.1. The van der Waals surface area contributed by atoms with E-state index in [2.05, 4.69) is 29.4 Å². The maximum absolute atomic E-state index is 12.0. The maximum Gasteiger partial charge on any atom is 0.319 e. The molecule has 2 amide bonds. The fourth-order valence-electron chi connectivity index (χ4n) is 2.57. The Hall–Kier alpha value is -2.69. The highest BCUT2D eigenvalue weighted by molar-refractivity contribution is 5.89. The Morgan fingerprint density at radius 3 is 2.16 bits per heavy atom. The molecule has 0 radical (unpaired) electrons. The van der Waals surface area contributed by atoms with Crippen molar-refractivity contribution in [3.63, 3.8) is 0 Å². The summed E-state index contributed by atoms with van der Waals surface area (Å²) in [7, 11) is 0. The van der Waals surface area contributed by atoms with Gasteiger partial charge in [-0.05, 0) is 62.7 Å². The highest BCUT2D eigenvalue weighted by Crippen LogP contribution is 2.17. The molecule has 0 atom stereocenters. The number of hydrogen-bond acceptors (Lipinski definition) is 3. The quantitative estimate of drug-likeness (QED) is 0.754. The molecule has 0 heterocycles. The largest absolute Gasteiger partial charge is 0.494 e. The lowest BCUT2D eigenvalue weighted by Gasteiger charge is -2.21. The molecule has 0 unspecified atom stereocenters. The second-order valence-electron chi connectivity index (χ2n) is 5.60.